The number of nitrogens with zero attached hydrogens (tertiary/aromatic N) is 1. The fourth-order valence-electron chi connectivity index (χ4n) is 3.84. The topological polar surface area (TPSA) is 95.9 Å². The number of nitrogens with one attached hydrogen (secondary N) is 1. The minimum Gasteiger partial charge on any atom is -0.480 e. The lowest BCUT2D eigenvalue weighted by Crippen LogP contribution is -2.57. The fourth-order valence-corrected chi connectivity index (χ4v) is 3.84. The molecule has 4 atom stereocenters. The van der Waals surface area contributed by atoms with Crippen LogP contribution in [0, 0.1) is 17.3 Å². The summed E-state index contributed by atoms with van der Waals surface area (Å²) < 4.78 is 4.60. The number of alkyl carbamates (subject to hydrolysis) is 1. The first-order valence-electron chi connectivity index (χ1n) is 8.04. The van der Waals surface area contributed by atoms with Gasteiger partial charge < -0.3 is 20.1 Å². The smallest absolute Gasteiger partial charge is 0.407 e. The average Bonchev–Trinajstić information content (AvgIpc) is 3.01. The molecule has 2 N–H and O–H groups in total. The highest BCUT2D eigenvalue weighted by Gasteiger charge is 2.51. The highest BCUT2D eigenvalue weighted by molar-refractivity contribution is 5.90. The van der Waals surface area contributed by atoms with Crippen molar-refractivity contribution >= 4 is 18.0 Å². The molecule has 2 rings (SSSR count). The number of carbonyl (C=O) groups is 3. The molecule has 0 radical (unpaired) electrons. The van der Waals surface area contributed by atoms with Crippen molar-refractivity contribution in [2.24, 2.45) is 17.3 Å². The first-order chi connectivity index (χ1) is 10.7. The molecule has 23 heavy (non-hydrogen) atoms. The molecular weight excluding hydrogens is 300 g/mol. The van der Waals surface area contributed by atoms with E-state index in [1.165, 1.54) is 12.0 Å². The van der Waals surface area contributed by atoms with E-state index in [0.29, 0.717) is 6.54 Å². The summed E-state index contributed by atoms with van der Waals surface area (Å²) in [4.78, 5) is 37.7. The maximum Gasteiger partial charge on any atom is 0.407 e. The van der Waals surface area contributed by atoms with E-state index in [2.05, 4.69) is 10.1 Å². The zero-order valence-electron chi connectivity index (χ0n) is 14.2. The molecule has 1 saturated carbocycles. The first kappa shape index (κ1) is 17.6. The molecule has 0 spiro atoms. The molecule has 2 fully saturated rings. The number of carboxylic acid groups (broad SMARTS) is 1. The summed E-state index contributed by atoms with van der Waals surface area (Å²) in [6.07, 6.45) is 2.13. The normalized spacial score (nSPS) is 28.2. The molecule has 7 nitrogen and oxygen atoms in total. The lowest BCUT2D eigenvalue weighted by Gasteiger charge is -2.35. The molecule has 1 heterocycles. The molecule has 130 valence electrons. The number of carbonyl (C=O) groups excluding carboxylic acids is 2. The SMILES string of the molecule is COC(=O)N[C@H](C(=O)N1C[C@@H]2CCC[C@@H]2[C@H]1C(=O)O)C(C)(C)C. The number of rotatable bonds is 3. The van der Waals surface area contributed by atoms with E-state index in [4.69, 9.17) is 0 Å². The predicted octanol–water partition coefficient (Wildman–Crippen LogP) is 1.47. The van der Waals surface area contributed by atoms with Crippen LogP contribution in [-0.2, 0) is 14.3 Å². The molecule has 1 aliphatic heterocycles. The predicted molar refractivity (Wildman–Crippen MR) is 82.8 cm³/mol. The second-order valence-electron chi connectivity index (χ2n) is 7.56. The van der Waals surface area contributed by atoms with E-state index in [1.54, 1.807) is 0 Å². The number of likely N-dealkylation sites (tertiary alicyclic amines) is 1. The van der Waals surface area contributed by atoms with Crippen molar-refractivity contribution < 1.29 is 24.2 Å². The van der Waals surface area contributed by atoms with E-state index < -0.39 is 29.6 Å². The van der Waals surface area contributed by atoms with Crippen LogP contribution >= 0.6 is 0 Å². The minimum absolute atomic E-state index is 0.0233. The Labute approximate surface area is 136 Å². The van der Waals surface area contributed by atoms with Crippen molar-refractivity contribution in [1.82, 2.24) is 10.2 Å². The zero-order chi connectivity index (χ0) is 17.4. The quantitative estimate of drug-likeness (QED) is 0.819. The van der Waals surface area contributed by atoms with Crippen molar-refractivity contribution in [2.75, 3.05) is 13.7 Å². The van der Waals surface area contributed by atoms with Gasteiger partial charge in [0.1, 0.15) is 12.1 Å². The van der Waals surface area contributed by atoms with E-state index in [1.807, 2.05) is 20.8 Å². The number of ether oxygens (including phenoxy) is 1. The van der Waals surface area contributed by atoms with Gasteiger partial charge in [-0.3, -0.25) is 4.79 Å². The van der Waals surface area contributed by atoms with Crippen LogP contribution in [0.4, 0.5) is 4.79 Å². The Morgan fingerprint density at radius 1 is 1.26 bits per heavy atom. The summed E-state index contributed by atoms with van der Waals surface area (Å²) in [5.74, 6) is -1.03. The zero-order valence-corrected chi connectivity index (χ0v) is 14.2. The molecule has 0 aromatic carbocycles. The molecule has 2 aliphatic rings. The number of amides is 2. The molecule has 0 bridgehead atoms. The third-order valence-corrected chi connectivity index (χ3v) is 4.99. The van der Waals surface area contributed by atoms with Crippen molar-refractivity contribution in [2.45, 2.75) is 52.1 Å². The van der Waals surface area contributed by atoms with E-state index in [0.717, 1.165) is 19.3 Å². The maximum absolute atomic E-state index is 13.0. The van der Waals surface area contributed by atoms with Crippen LogP contribution in [0.2, 0.25) is 0 Å². The first-order valence-corrected chi connectivity index (χ1v) is 8.04. The van der Waals surface area contributed by atoms with Gasteiger partial charge in [-0.1, -0.05) is 27.2 Å². The van der Waals surface area contributed by atoms with Crippen LogP contribution in [0.15, 0.2) is 0 Å². The van der Waals surface area contributed by atoms with Gasteiger partial charge in [0.05, 0.1) is 7.11 Å². The van der Waals surface area contributed by atoms with Crippen molar-refractivity contribution in [3.63, 3.8) is 0 Å². The Hall–Kier alpha value is -1.79. The molecule has 1 saturated heterocycles. The number of carboxylic acids is 1. The summed E-state index contributed by atoms with van der Waals surface area (Å²) in [6, 6.07) is -1.62. The minimum atomic E-state index is -0.960. The van der Waals surface area contributed by atoms with Gasteiger partial charge in [-0.15, -0.1) is 0 Å². The van der Waals surface area contributed by atoms with Gasteiger partial charge >= 0.3 is 12.1 Å². The van der Waals surface area contributed by atoms with E-state index >= 15 is 0 Å². The number of hydrogen-bond acceptors (Lipinski definition) is 4. The largest absolute Gasteiger partial charge is 0.480 e. The van der Waals surface area contributed by atoms with Crippen molar-refractivity contribution in [3.05, 3.63) is 0 Å². The van der Waals surface area contributed by atoms with E-state index in [-0.39, 0.29) is 17.7 Å². The van der Waals surface area contributed by atoms with Crippen LogP contribution in [0.1, 0.15) is 40.0 Å². The third kappa shape index (κ3) is 3.43. The number of aliphatic carboxylic acids is 1. The molecule has 0 aromatic rings. The molecule has 2 amide bonds. The van der Waals surface area contributed by atoms with Crippen molar-refractivity contribution in [3.8, 4) is 0 Å². The average molecular weight is 326 g/mol. The Morgan fingerprint density at radius 2 is 1.91 bits per heavy atom. The van der Waals surface area contributed by atoms with Gasteiger partial charge in [0, 0.05) is 6.54 Å². The lowest BCUT2D eigenvalue weighted by atomic mass is 9.85. The lowest BCUT2D eigenvalue weighted by molar-refractivity contribution is -0.151. The van der Waals surface area contributed by atoms with Crippen molar-refractivity contribution in [1.29, 1.82) is 0 Å². The summed E-state index contributed by atoms with van der Waals surface area (Å²) in [5, 5.41) is 12.1. The Balaban J connectivity index is 2.24. The molecule has 0 aromatic heterocycles. The van der Waals surface area contributed by atoms with Gasteiger partial charge in [0.2, 0.25) is 5.91 Å². The molecular formula is C16H26N2O5. The molecule has 0 unspecified atom stereocenters. The summed E-state index contributed by atoms with van der Waals surface area (Å²) in [7, 11) is 1.24. The standard InChI is InChI=1S/C16H26N2O5/c1-16(2,3)12(17-15(22)23-4)13(19)18-8-9-6-5-7-10(9)11(18)14(20)21/h9-12H,5-8H2,1-4H3,(H,17,22)(H,20,21)/t9-,10-,11-,12+/m0/s1. The van der Waals surface area contributed by atoms with Crippen LogP contribution in [0.25, 0.3) is 0 Å². The summed E-state index contributed by atoms with van der Waals surface area (Å²) in [5.41, 5.74) is -0.550. The molecule has 7 heteroatoms. The molecule has 1 aliphatic carbocycles. The second-order valence-corrected chi connectivity index (χ2v) is 7.56. The Bertz CT molecular complexity index is 499. The number of methoxy groups -OCH3 is 1. The highest BCUT2D eigenvalue weighted by Crippen LogP contribution is 2.43. The Morgan fingerprint density at radius 3 is 2.43 bits per heavy atom. The summed E-state index contributed by atoms with van der Waals surface area (Å²) >= 11 is 0. The monoisotopic (exact) mass is 326 g/mol. The van der Waals surface area contributed by atoms with Crippen LogP contribution in [-0.4, -0.2) is 53.7 Å². The van der Waals surface area contributed by atoms with Gasteiger partial charge in [-0.25, -0.2) is 9.59 Å². The number of fused-ring (bicyclic) bond motifs is 1. The fraction of sp³-hybridized carbons (Fsp3) is 0.812. The van der Waals surface area contributed by atoms with Crippen LogP contribution in [0.3, 0.4) is 0 Å². The third-order valence-electron chi connectivity index (χ3n) is 4.99. The number of hydrogen-bond donors (Lipinski definition) is 2. The Kier molecular flexibility index (Phi) is 4.87. The van der Waals surface area contributed by atoms with Gasteiger partial charge in [0.15, 0.2) is 0 Å². The highest BCUT2D eigenvalue weighted by atomic mass is 16.5. The van der Waals surface area contributed by atoms with Gasteiger partial charge in [-0.2, -0.15) is 0 Å². The maximum atomic E-state index is 13.0. The van der Waals surface area contributed by atoms with E-state index in [9.17, 15) is 19.5 Å². The van der Waals surface area contributed by atoms with Gasteiger partial charge in [-0.05, 0) is 30.1 Å². The second kappa shape index (κ2) is 6.37. The van der Waals surface area contributed by atoms with Crippen LogP contribution < -0.4 is 5.32 Å². The summed E-state index contributed by atoms with van der Waals surface area (Å²) in [6.45, 7) is 5.95. The van der Waals surface area contributed by atoms with Gasteiger partial charge in [0.25, 0.3) is 0 Å². The van der Waals surface area contributed by atoms with Crippen LogP contribution in [0.5, 0.6) is 0 Å².